The number of benzene rings is 1. The molecule has 4 rings (SSSR count). The second kappa shape index (κ2) is 10.1. The minimum absolute atomic E-state index is 0.0556. The number of ether oxygens (including phenoxy) is 1. The first-order valence-corrected chi connectivity index (χ1v) is 11.5. The maximum Gasteiger partial charge on any atom is 0.194 e. The van der Waals surface area contributed by atoms with Gasteiger partial charge in [-0.25, -0.2) is 4.98 Å². The molecule has 1 aromatic heterocycles. The quantitative estimate of drug-likeness (QED) is 0.593. The molecule has 2 saturated heterocycles. The van der Waals surface area contributed by atoms with Gasteiger partial charge in [0.05, 0.1) is 6.54 Å². The van der Waals surface area contributed by atoms with Crippen molar-refractivity contribution in [2.75, 3.05) is 57.4 Å². The van der Waals surface area contributed by atoms with Gasteiger partial charge in [0.25, 0.3) is 0 Å². The van der Waals surface area contributed by atoms with Crippen molar-refractivity contribution in [3.05, 3.63) is 59.8 Å². The van der Waals surface area contributed by atoms with E-state index in [1.54, 1.807) is 0 Å². The zero-order chi connectivity index (χ0) is 21.5. The fourth-order valence-corrected chi connectivity index (χ4v) is 4.78. The van der Waals surface area contributed by atoms with E-state index in [-0.39, 0.29) is 5.41 Å². The molecule has 3 heterocycles. The SMILES string of the molecule is CCNC(=NCC1(c2ccccc2C)CCOCC1)N1CCN(c2ccccn2)CC1. The summed E-state index contributed by atoms with van der Waals surface area (Å²) in [6, 6.07) is 14.9. The van der Waals surface area contributed by atoms with Crippen LogP contribution in [0, 0.1) is 6.92 Å². The van der Waals surface area contributed by atoms with E-state index in [9.17, 15) is 0 Å². The first kappa shape index (κ1) is 21.6. The molecule has 6 heteroatoms. The molecule has 2 aliphatic rings. The van der Waals surface area contributed by atoms with Gasteiger partial charge in [-0.15, -0.1) is 0 Å². The van der Waals surface area contributed by atoms with E-state index >= 15 is 0 Å². The van der Waals surface area contributed by atoms with Crippen LogP contribution < -0.4 is 10.2 Å². The van der Waals surface area contributed by atoms with Crippen LogP contribution in [0.2, 0.25) is 0 Å². The number of pyridine rings is 1. The highest BCUT2D eigenvalue weighted by molar-refractivity contribution is 5.80. The number of rotatable bonds is 5. The summed E-state index contributed by atoms with van der Waals surface area (Å²) >= 11 is 0. The normalized spacial score (nSPS) is 19.4. The van der Waals surface area contributed by atoms with Crippen molar-refractivity contribution >= 4 is 11.8 Å². The van der Waals surface area contributed by atoms with Crippen molar-refractivity contribution in [3.63, 3.8) is 0 Å². The van der Waals surface area contributed by atoms with Crippen molar-refractivity contribution in [2.24, 2.45) is 4.99 Å². The maximum absolute atomic E-state index is 5.72. The fourth-order valence-electron chi connectivity index (χ4n) is 4.78. The molecule has 0 atom stereocenters. The zero-order valence-electron chi connectivity index (χ0n) is 18.9. The lowest BCUT2D eigenvalue weighted by Crippen LogP contribution is -2.53. The number of hydrogen-bond acceptors (Lipinski definition) is 4. The van der Waals surface area contributed by atoms with E-state index in [2.05, 4.69) is 70.3 Å². The molecule has 2 fully saturated rings. The third-order valence-electron chi connectivity index (χ3n) is 6.59. The Balaban J connectivity index is 1.49. The van der Waals surface area contributed by atoms with Gasteiger partial charge in [-0.1, -0.05) is 30.3 Å². The van der Waals surface area contributed by atoms with Gasteiger partial charge in [0.2, 0.25) is 0 Å². The largest absolute Gasteiger partial charge is 0.381 e. The van der Waals surface area contributed by atoms with E-state index in [0.29, 0.717) is 0 Å². The van der Waals surface area contributed by atoms with Gasteiger partial charge in [-0.05, 0) is 49.9 Å². The Labute approximate surface area is 186 Å². The highest BCUT2D eigenvalue weighted by atomic mass is 16.5. The summed E-state index contributed by atoms with van der Waals surface area (Å²) in [5.41, 5.74) is 2.84. The summed E-state index contributed by atoms with van der Waals surface area (Å²) in [7, 11) is 0. The van der Waals surface area contributed by atoms with Gasteiger partial charge in [0.1, 0.15) is 5.82 Å². The highest BCUT2D eigenvalue weighted by Crippen LogP contribution is 2.37. The summed E-state index contributed by atoms with van der Waals surface area (Å²) < 4.78 is 5.72. The number of piperazine rings is 1. The topological polar surface area (TPSA) is 53.0 Å². The molecule has 0 aliphatic carbocycles. The van der Waals surface area contributed by atoms with E-state index in [4.69, 9.17) is 9.73 Å². The minimum atomic E-state index is 0.0556. The Kier molecular flexibility index (Phi) is 7.07. The number of nitrogens with one attached hydrogen (secondary N) is 1. The van der Waals surface area contributed by atoms with Gasteiger partial charge in [0.15, 0.2) is 5.96 Å². The Bertz CT molecular complexity index is 855. The second-order valence-electron chi connectivity index (χ2n) is 8.54. The van der Waals surface area contributed by atoms with Crippen LogP contribution in [0.5, 0.6) is 0 Å². The van der Waals surface area contributed by atoms with Crippen LogP contribution in [0.15, 0.2) is 53.7 Å². The molecule has 0 radical (unpaired) electrons. The number of aryl methyl sites for hydroxylation is 1. The summed E-state index contributed by atoms with van der Waals surface area (Å²) in [4.78, 5) is 14.4. The molecule has 31 heavy (non-hydrogen) atoms. The number of nitrogens with zero attached hydrogens (tertiary/aromatic N) is 4. The summed E-state index contributed by atoms with van der Waals surface area (Å²) in [5.74, 6) is 2.09. The second-order valence-corrected chi connectivity index (χ2v) is 8.54. The van der Waals surface area contributed by atoms with Crippen molar-refractivity contribution in [2.45, 2.75) is 32.1 Å². The lowest BCUT2D eigenvalue weighted by molar-refractivity contribution is 0.0528. The molecule has 0 unspecified atom stereocenters. The lowest BCUT2D eigenvalue weighted by Gasteiger charge is -2.39. The van der Waals surface area contributed by atoms with Crippen LogP contribution >= 0.6 is 0 Å². The van der Waals surface area contributed by atoms with Gasteiger partial charge in [-0.3, -0.25) is 4.99 Å². The number of aromatic nitrogens is 1. The summed E-state index contributed by atoms with van der Waals surface area (Å²) in [6.07, 6.45) is 3.91. The van der Waals surface area contributed by atoms with E-state index in [1.807, 2.05) is 12.3 Å². The standard InChI is InChI=1S/C25H35N5O/c1-3-26-24(30-16-14-29(15-17-30)23-10-6-7-13-27-23)28-20-25(11-18-31-19-12-25)22-9-5-4-8-21(22)2/h4-10,13H,3,11-12,14-20H2,1-2H3,(H,26,28). The molecular formula is C25H35N5O. The van der Waals surface area contributed by atoms with Crippen LogP contribution in [-0.2, 0) is 10.2 Å². The first-order valence-electron chi connectivity index (χ1n) is 11.5. The van der Waals surface area contributed by atoms with Crippen molar-refractivity contribution in [1.82, 2.24) is 15.2 Å². The van der Waals surface area contributed by atoms with Gasteiger partial charge in [-0.2, -0.15) is 0 Å². The van der Waals surface area contributed by atoms with Crippen molar-refractivity contribution < 1.29 is 4.74 Å². The molecule has 0 spiro atoms. The monoisotopic (exact) mass is 421 g/mol. The third-order valence-corrected chi connectivity index (χ3v) is 6.59. The average Bonchev–Trinajstić information content (AvgIpc) is 2.83. The highest BCUT2D eigenvalue weighted by Gasteiger charge is 2.35. The number of hydrogen-bond donors (Lipinski definition) is 1. The third kappa shape index (κ3) is 5.01. The Morgan fingerprint density at radius 3 is 2.48 bits per heavy atom. The summed E-state index contributed by atoms with van der Waals surface area (Å²) in [6.45, 7) is 11.5. The maximum atomic E-state index is 5.72. The number of anilines is 1. The molecule has 0 bridgehead atoms. The van der Waals surface area contributed by atoms with Crippen LogP contribution in [0.3, 0.4) is 0 Å². The van der Waals surface area contributed by atoms with Crippen LogP contribution in [-0.4, -0.2) is 68.3 Å². The van der Waals surface area contributed by atoms with Gasteiger partial charge < -0.3 is 19.9 Å². The Morgan fingerprint density at radius 1 is 1.06 bits per heavy atom. The van der Waals surface area contributed by atoms with Crippen molar-refractivity contribution in [3.8, 4) is 0 Å². The molecule has 2 aromatic rings. The van der Waals surface area contributed by atoms with Crippen LogP contribution in [0.4, 0.5) is 5.82 Å². The molecule has 1 aromatic carbocycles. The molecule has 6 nitrogen and oxygen atoms in total. The fraction of sp³-hybridized carbons (Fsp3) is 0.520. The zero-order valence-corrected chi connectivity index (χ0v) is 18.9. The number of aliphatic imine (C=N–C) groups is 1. The predicted molar refractivity (Wildman–Crippen MR) is 127 cm³/mol. The minimum Gasteiger partial charge on any atom is -0.381 e. The average molecular weight is 422 g/mol. The Hall–Kier alpha value is -2.60. The smallest absolute Gasteiger partial charge is 0.194 e. The molecule has 0 amide bonds. The van der Waals surface area contributed by atoms with Crippen molar-refractivity contribution in [1.29, 1.82) is 0 Å². The van der Waals surface area contributed by atoms with Crippen LogP contribution in [0.25, 0.3) is 0 Å². The molecule has 166 valence electrons. The van der Waals surface area contributed by atoms with Crippen LogP contribution in [0.1, 0.15) is 30.9 Å². The first-order chi connectivity index (χ1) is 15.2. The molecule has 1 N–H and O–H groups in total. The molecular weight excluding hydrogens is 386 g/mol. The summed E-state index contributed by atoms with van der Waals surface area (Å²) in [5, 5.41) is 3.54. The van der Waals surface area contributed by atoms with E-state index in [1.165, 1.54) is 11.1 Å². The Morgan fingerprint density at radius 2 is 1.81 bits per heavy atom. The molecule has 2 aliphatic heterocycles. The number of guanidine groups is 1. The van der Waals surface area contributed by atoms with Gasteiger partial charge in [0, 0.05) is 57.5 Å². The molecule has 0 saturated carbocycles. The van der Waals surface area contributed by atoms with Gasteiger partial charge >= 0.3 is 0 Å². The van der Waals surface area contributed by atoms with E-state index in [0.717, 1.165) is 77.1 Å². The van der Waals surface area contributed by atoms with E-state index < -0.39 is 0 Å². The lowest BCUT2D eigenvalue weighted by atomic mass is 9.72. The predicted octanol–water partition coefficient (Wildman–Crippen LogP) is 3.23.